The molecular weight excluding hydrogens is 322 g/mol. The molecule has 2 nitrogen and oxygen atoms in total. The van der Waals surface area contributed by atoms with E-state index in [1.807, 2.05) is 0 Å². The van der Waals surface area contributed by atoms with Crippen LogP contribution in [0.25, 0.3) is 10.6 Å². The van der Waals surface area contributed by atoms with E-state index in [2.05, 4.69) is 39.1 Å². The molecule has 1 heterocycles. The first kappa shape index (κ1) is 13.3. The van der Waals surface area contributed by atoms with E-state index >= 15 is 0 Å². The molecule has 1 N–H and O–H groups in total. The van der Waals surface area contributed by atoms with E-state index in [9.17, 15) is 0 Å². The summed E-state index contributed by atoms with van der Waals surface area (Å²) < 4.78 is 0.874. The van der Waals surface area contributed by atoms with Crippen LogP contribution in [0.2, 0.25) is 0 Å². The van der Waals surface area contributed by atoms with Gasteiger partial charge in [-0.1, -0.05) is 12.1 Å². The molecule has 0 saturated carbocycles. The molecule has 1 aromatic heterocycles. The first-order chi connectivity index (χ1) is 9.28. The largest absolute Gasteiger partial charge is 0.396 e. The first-order valence-corrected chi connectivity index (χ1v) is 8.27. The van der Waals surface area contributed by atoms with Crippen LogP contribution < -0.4 is 0 Å². The van der Waals surface area contributed by atoms with E-state index in [1.54, 1.807) is 11.3 Å². The normalized spacial score (nSPS) is 14.4. The molecule has 0 spiro atoms. The topological polar surface area (TPSA) is 33.1 Å². The van der Waals surface area contributed by atoms with Gasteiger partial charge in [0.15, 0.2) is 0 Å². The number of aliphatic hydroxyl groups excluding tert-OH is 1. The lowest BCUT2D eigenvalue weighted by atomic mass is 9.90. The molecule has 1 aliphatic carbocycles. The summed E-state index contributed by atoms with van der Waals surface area (Å²) in [5.41, 5.74) is 4.19. The minimum atomic E-state index is 0.171. The van der Waals surface area contributed by atoms with Gasteiger partial charge in [-0.05, 0) is 58.8 Å². The number of thiazole rings is 1. The molecule has 19 heavy (non-hydrogen) atoms. The maximum atomic E-state index is 9.04. The Morgan fingerprint density at radius 1 is 1.21 bits per heavy atom. The fourth-order valence-corrected chi connectivity index (χ4v) is 4.25. The minimum Gasteiger partial charge on any atom is -0.396 e. The van der Waals surface area contributed by atoms with Gasteiger partial charge >= 0.3 is 0 Å². The standard InChI is InChI=1S/C15H16BrNOS/c16-14-13(7-8-18)19-15(17-14)12-6-5-10-3-1-2-4-11(10)9-12/h5-6,9,18H,1-4,7-8H2. The molecule has 100 valence electrons. The molecule has 1 aliphatic rings. The summed E-state index contributed by atoms with van der Waals surface area (Å²) >= 11 is 5.15. The highest BCUT2D eigenvalue weighted by molar-refractivity contribution is 9.10. The monoisotopic (exact) mass is 337 g/mol. The Morgan fingerprint density at radius 3 is 2.79 bits per heavy atom. The molecule has 0 bridgehead atoms. The van der Waals surface area contributed by atoms with Gasteiger partial charge in [-0.2, -0.15) is 0 Å². The zero-order valence-electron chi connectivity index (χ0n) is 10.7. The second-order valence-electron chi connectivity index (χ2n) is 4.90. The van der Waals surface area contributed by atoms with Gasteiger partial charge in [0, 0.05) is 23.5 Å². The summed E-state index contributed by atoms with van der Waals surface area (Å²) in [6, 6.07) is 6.73. The van der Waals surface area contributed by atoms with Crippen LogP contribution in [-0.4, -0.2) is 16.7 Å². The number of nitrogens with zero attached hydrogens (tertiary/aromatic N) is 1. The molecule has 2 aromatic rings. The van der Waals surface area contributed by atoms with E-state index in [0.717, 1.165) is 14.5 Å². The van der Waals surface area contributed by atoms with Crippen molar-refractivity contribution in [3.05, 3.63) is 38.8 Å². The van der Waals surface area contributed by atoms with Crippen LogP contribution >= 0.6 is 27.3 Å². The van der Waals surface area contributed by atoms with Crippen molar-refractivity contribution < 1.29 is 5.11 Å². The van der Waals surface area contributed by atoms with Crippen molar-refractivity contribution in [2.24, 2.45) is 0 Å². The van der Waals surface area contributed by atoms with Gasteiger partial charge in [-0.3, -0.25) is 0 Å². The zero-order chi connectivity index (χ0) is 13.2. The lowest BCUT2D eigenvalue weighted by Gasteiger charge is -2.15. The second-order valence-corrected chi connectivity index (χ2v) is 6.73. The molecule has 0 aliphatic heterocycles. The fourth-order valence-electron chi connectivity index (χ4n) is 2.58. The molecule has 0 atom stereocenters. The van der Waals surface area contributed by atoms with E-state index < -0.39 is 0 Å². The maximum absolute atomic E-state index is 9.04. The molecule has 3 rings (SSSR count). The van der Waals surface area contributed by atoms with Crippen LogP contribution in [0.1, 0.15) is 28.8 Å². The van der Waals surface area contributed by atoms with Crippen LogP contribution in [0.3, 0.4) is 0 Å². The Morgan fingerprint density at radius 2 is 2.00 bits per heavy atom. The number of hydrogen-bond acceptors (Lipinski definition) is 3. The quantitative estimate of drug-likeness (QED) is 0.918. The van der Waals surface area contributed by atoms with Gasteiger partial charge in [0.05, 0.1) is 0 Å². The molecule has 1 aromatic carbocycles. The SMILES string of the molecule is OCCc1sc(-c2ccc3c(c2)CCCC3)nc1Br. The molecular formula is C15H16BrNOS. The summed E-state index contributed by atoms with van der Waals surface area (Å²) in [4.78, 5) is 5.69. The Hall–Kier alpha value is -0.710. The molecule has 4 heteroatoms. The maximum Gasteiger partial charge on any atom is 0.124 e. The summed E-state index contributed by atoms with van der Waals surface area (Å²) in [5, 5.41) is 10.1. The number of fused-ring (bicyclic) bond motifs is 1. The first-order valence-electron chi connectivity index (χ1n) is 6.66. The summed E-state index contributed by atoms with van der Waals surface area (Å²) in [6.45, 7) is 0.171. The molecule has 0 radical (unpaired) electrons. The smallest absolute Gasteiger partial charge is 0.124 e. The van der Waals surface area contributed by atoms with Gasteiger partial charge in [0.2, 0.25) is 0 Å². The number of aryl methyl sites for hydroxylation is 2. The van der Waals surface area contributed by atoms with Crippen molar-refractivity contribution in [3.63, 3.8) is 0 Å². The predicted octanol–water partition coefficient (Wildman–Crippen LogP) is 3.99. The van der Waals surface area contributed by atoms with E-state index in [-0.39, 0.29) is 6.61 Å². The van der Waals surface area contributed by atoms with Crippen LogP contribution in [0.5, 0.6) is 0 Å². The predicted molar refractivity (Wildman–Crippen MR) is 82.7 cm³/mol. The number of aliphatic hydroxyl groups is 1. The van der Waals surface area contributed by atoms with Crippen LogP contribution in [0, 0.1) is 0 Å². The highest BCUT2D eigenvalue weighted by Gasteiger charge is 2.14. The second kappa shape index (κ2) is 5.73. The van der Waals surface area contributed by atoms with Gasteiger partial charge < -0.3 is 5.11 Å². The van der Waals surface area contributed by atoms with Gasteiger partial charge in [0.25, 0.3) is 0 Å². The third-order valence-corrected chi connectivity index (χ3v) is 5.67. The molecule has 0 unspecified atom stereocenters. The van der Waals surface area contributed by atoms with E-state index in [4.69, 9.17) is 5.11 Å². The van der Waals surface area contributed by atoms with E-state index in [1.165, 1.54) is 42.4 Å². The fraction of sp³-hybridized carbons (Fsp3) is 0.400. The lowest BCUT2D eigenvalue weighted by molar-refractivity contribution is 0.300. The van der Waals surface area contributed by atoms with Crippen molar-refractivity contribution >= 4 is 27.3 Å². The molecule has 0 amide bonds. The Labute approximate surface area is 125 Å². The third kappa shape index (κ3) is 2.76. The van der Waals surface area contributed by atoms with Crippen molar-refractivity contribution in [1.29, 1.82) is 0 Å². The zero-order valence-corrected chi connectivity index (χ0v) is 13.1. The highest BCUT2D eigenvalue weighted by atomic mass is 79.9. The molecule has 0 saturated heterocycles. The highest BCUT2D eigenvalue weighted by Crippen LogP contribution is 2.33. The summed E-state index contributed by atoms with van der Waals surface area (Å²) in [6.07, 6.45) is 5.69. The van der Waals surface area contributed by atoms with Crippen LogP contribution in [0.4, 0.5) is 0 Å². The number of hydrogen-bond donors (Lipinski definition) is 1. The number of aromatic nitrogens is 1. The Bertz CT molecular complexity index is 594. The van der Waals surface area contributed by atoms with Gasteiger partial charge in [0.1, 0.15) is 9.61 Å². The minimum absolute atomic E-state index is 0.171. The van der Waals surface area contributed by atoms with Crippen LogP contribution in [0.15, 0.2) is 22.8 Å². The Kier molecular flexibility index (Phi) is 4.01. The number of rotatable bonds is 3. The van der Waals surface area contributed by atoms with Crippen molar-refractivity contribution in [2.45, 2.75) is 32.1 Å². The van der Waals surface area contributed by atoms with Crippen LogP contribution in [-0.2, 0) is 19.3 Å². The number of halogens is 1. The van der Waals surface area contributed by atoms with Crippen molar-refractivity contribution in [3.8, 4) is 10.6 Å². The van der Waals surface area contributed by atoms with E-state index in [0.29, 0.717) is 6.42 Å². The average molecular weight is 338 g/mol. The molecule has 0 fully saturated rings. The summed E-state index contributed by atoms with van der Waals surface area (Å²) in [5.74, 6) is 0. The average Bonchev–Trinajstić information content (AvgIpc) is 2.80. The number of benzene rings is 1. The third-order valence-electron chi connectivity index (χ3n) is 3.58. The summed E-state index contributed by atoms with van der Waals surface area (Å²) in [7, 11) is 0. The van der Waals surface area contributed by atoms with Crippen molar-refractivity contribution in [1.82, 2.24) is 4.98 Å². The van der Waals surface area contributed by atoms with Gasteiger partial charge in [-0.15, -0.1) is 11.3 Å². The lowest BCUT2D eigenvalue weighted by Crippen LogP contribution is -2.02. The Balaban J connectivity index is 1.95. The van der Waals surface area contributed by atoms with Crippen molar-refractivity contribution in [2.75, 3.05) is 6.61 Å². The van der Waals surface area contributed by atoms with Gasteiger partial charge in [-0.25, -0.2) is 4.98 Å².